The second kappa shape index (κ2) is 8.96. The molecular formula is C14H27N3O4. The van der Waals surface area contributed by atoms with Crippen molar-refractivity contribution >= 4 is 11.9 Å². The fourth-order valence-electron chi connectivity index (χ4n) is 2.56. The summed E-state index contributed by atoms with van der Waals surface area (Å²) in [4.78, 5) is 27.9. The predicted molar refractivity (Wildman–Crippen MR) is 79.5 cm³/mol. The lowest BCUT2D eigenvalue weighted by Gasteiger charge is -2.30. The number of hydrogen-bond acceptors (Lipinski definition) is 5. The molecule has 1 saturated heterocycles. The van der Waals surface area contributed by atoms with Crippen molar-refractivity contribution < 1.29 is 19.8 Å². The molecule has 0 aliphatic carbocycles. The van der Waals surface area contributed by atoms with E-state index in [1.54, 1.807) is 0 Å². The zero-order valence-electron chi connectivity index (χ0n) is 13.0. The fourth-order valence-corrected chi connectivity index (χ4v) is 2.56. The van der Waals surface area contributed by atoms with Crippen LogP contribution in [0.3, 0.4) is 0 Å². The molecule has 0 aromatic carbocycles. The molecule has 1 aliphatic heterocycles. The summed E-state index contributed by atoms with van der Waals surface area (Å²) < 4.78 is 0. The van der Waals surface area contributed by atoms with Gasteiger partial charge in [-0.1, -0.05) is 6.92 Å². The zero-order chi connectivity index (χ0) is 15.8. The summed E-state index contributed by atoms with van der Waals surface area (Å²) in [7, 11) is 0. The van der Waals surface area contributed by atoms with Gasteiger partial charge in [-0.15, -0.1) is 0 Å². The van der Waals surface area contributed by atoms with Crippen molar-refractivity contribution in [1.82, 2.24) is 14.7 Å². The van der Waals surface area contributed by atoms with Crippen LogP contribution in [-0.4, -0.2) is 95.3 Å². The van der Waals surface area contributed by atoms with Gasteiger partial charge in [0.15, 0.2) is 0 Å². The fraction of sp³-hybridized carbons (Fsp3) is 0.857. The lowest BCUT2D eigenvalue weighted by atomic mass is 10.2. The number of nitrogens with zero attached hydrogens (tertiary/aromatic N) is 3. The first kappa shape index (κ1) is 17.9. The van der Waals surface area contributed by atoms with Crippen LogP contribution in [0.1, 0.15) is 20.3 Å². The summed E-state index contributed by atoms with van der Waals surface area (Å²) in [6.45, 7) is 8.54. The third-order valence-corrected chi connectivity index (χ3v) is 4.07. The molecule has 1 unspecified atom stereocenters. The summed E-state index contributed by atoms with van der Waals surface area (Å²) in [6.07, 6.45) is 1.03. The summed E-state index contributed by atoms with van der Waals surface area (Å²) >= 11 is 0. The van der Waals surface area contributed by atoms with Gasteiger partial charge in [-0.2, -0.15) is 0 Å². The number of carboxylic acids is 2. The van der Waals surface area contributed by atoms with E-state index in [0.717, 1.165) is 19.5 Å². The van der Waals surface area contributed by atoms with Gasteiger partial charge < -0.3 is 10.2 Å². The van der Waals surface area contributed by atoms with E-state index in [-0.39, 0.29) is 13.1 Å². The van der Waals surface area contributed by atoms with Crippen LogP contribution in [0.5, 0.6) is 0 Å². The number of carboxylic acid groups (broad SMARTS) is 2. The molecule has 1 atom stereocenters. The van der Waals surface area contributed by atoms with E-state index >= 15 is 0 Å². The molecule has 2 N–H and O–H groups in total. The second-order valence-electron chi connectivity index (χ2n) is 5.63. The molecule has 7 nitrogen and oxygen atoms in total. The molecule has 0 bridgehead atoms. The Morgan fingerprint density at radius 2 is 1.29 bits per heavy atom. The van der Waals surface area contributed by atoms with Gasteiger partial charge in [0.2, 0.25) is 0 Å². The quantitative estimate of drug-likeness (QED) is 0.707. The Hall–Kier alpha value is -1.18. The van der Waals surface area contributed by atoms with E-state index in [9.17, 15) is 9.59 Å². The maximum Gasteiger partial charge on any atom is 0.317 e. The third kappa shape index (κ3) is 6.88. The third-order valence-electron chi connectivity index (χ3n) is 4.07. The maximum atomic E-state index is 10.9. The molecule has 1 heterocycles. The molecule has 1 fully saturated rings. The second-order valence-corrected chi connectivity index (χ2v) is 5.63. The van der Waals surface area contributed by atoms with Crippen LogP contribution < -0.4 is 0 Å². The van der Waals surface area contributed by atoms with Crippen LogP contribution in [0, 0.1) is 0 Å². The van der Waals surface area contributed by atoms with Gasteiger partial charge >= 0.3 is 11.9 Å². The van der Waals surface area contributed by atoms with Crippen molar-refractivity contribution in [1.29, 1.82) is 0 Å². The number of hydrogen-bond donors (Lipinski definition) is 2. The molecule has 1 rings (SSSR count). The number of aliphatic carboxylic acids is 2. The summed E-state index contributed by atoms with van der Waals surface area (Å²) in [5, 5.41) is 17.9. The van der Waals surface area contributed by atoms with Crippen molar-refractivity contribution in [3.63, 3.8) is 0 Å². The Bertz CT molecular complexity index is 323. The van der Waals surface area contributed by atoms with Crippen LogP contribution in [0.2, 0.25) is 0 Å². The normalized spacial score (nSPS) is 21.2. The first-order valence-electron chi connectivity index (χ1n) is 7.54. The molecule has 0 amide bonds. The van der Waals surface area contributed by atoms with E-state index in [1.165, 1.54) is 0 Å². The van der Waals surface area contributed by atoms with Crippen molar-refractivity contribution in [2.45, 2.75) is 26.3 Å². The first-order valence-corrected chi connectivity index (χ1v) is 7.54. The molecule has 0 saturated carbocycles. The highest BCUT2D eigenvalue weighted by Gasteiger charge is 2.21. The largest absolute Gasteiger partial charge is 0.480 e. The summed E-state index contributed by atoms with van der Waals surface area (Å²) in [5.41, 5.74) is 0. The van der Waals surface area contributed by atoms with Gasteiger partial charge in [-0.25, -0.2) is 0 Å². The Kier molecular flexibility index (Phi) is 7.63. The lowest BCUT2D eigenvalue weighted by molar-refractivity contribution is -0.140. The highest BCUT2D eigenvalue weighted by Crippen LogP contribution is 2.07. The minimum Gasteiger partial charge on any atom is -0.480 e. The smallest absolute Gasteiger partial charge is 0.317 e. The van der Waals surface area contributed by atoms with E-state index in [4.69, 9.17) is 10.2 Å². The Morgan fingerprint density at radius 3 is 1.62 bits per heavy atom. The first-order chi connectivity index (χ1) is 9.92. The standard InChI is InChI=1S/C14H27N3O4/c1-3-12(2)17-8-6-15(10-13(18)19)4-5-16(7-9-17)11-14(20)21/h12H,3-11H2,1-2H3,(H,18,19)(H,20,21). The maximum absolute atomic E-state index is 10.9. The molecular weight excluding hydrogens is 274 g/mol. The van der Waals surface area contributed by atoms with Crippen LogP contribution >= 0.6 is 0 Å². The Labute approximate surface area is 126 Å². The molecule has 0 spiro atoms. The van der Waals surface area contributed by atoms with Crippen molar-refractivity contribution in [2.75, 3.05) is 52.4 Å². The molecule has 1 aliphatic rings. The minimum atomic E-state index is -0.839. The SMILES string of the molecule is CCC(C)N1CCN(CC(=O)O)CCN(CC(=O)O)CC1. The van der Waals surface area contributed by atoms with Gasteiger partial charge in [-0.05, 0) is 13.3 Å². The van der Waals surface area contributed by atoms with Crippen LogP contribution in [0.4, 0.5) is 0 Å². The minimum absolute atomic E-state index is 0.00918. The van der Waals surface area contributed by atoms with Crippen molar-refractivity contribution in [2.24, 2.45) is 0 Å². The number of rotatable bonds is 6. The highest BCUT2D eigenvalue weighted by molar-refractivity contribution is 5.69. The van der Waals surface area contributed by atoms with E-state index in [0.29, 0.717) is 32.2 Å². The van der Waals surface area contributed by atoms with Gasteiger partial charge in [0.1, 0.15) is 0 Å². The topological polar surface area (TPSA) is 84.3 Å². The van der Waals surface area contributed by atoms with Crippen molar-refractivity contribution in [3.8, 4) is 0 Å². The molecule has 21 heavy (non-hydrogen) atoms. The lowest BCUT2D eigenvalue weighted by Crippen LogP contribution is -2.42. The van der Waals surface area contributed by atoms with Crippen LogP contribution in [0.25, 0.3) is 0 Å². The summed E-state index contributed by atoms with van der Waals surface area (Å²) in [6, 6.07) is 0.418. The summed E-state index contributed by atoms with van der Waals surface area (Å²) in [5.74, 6) is -1.68. The molecule has 122 valence electrons. The highest BCUT2D eigenvalue weighted by atomic mass is 16.4. The van der Waals surface area contributed by atoms with Gasteiger partial charge in [-0.3, -0.25) is 24.3 Å². The van der Waals surface area contributed by atoms with Gasteiger partial charge in [0, 0.05) is 45.3 Å². The molecule has 0 radical (unpaired) electrons. The molecule has 7 heteroatoms. The van der Waals surface area contributed by atoms with E-state index < -0.39 is 11.9 Å². The molecule has 0 aromatic rings. The zero-order valence-corrected chi connectivity index (χ0v) is 13.0. The van der Waals surface area contributed by atoms with Crippen molar-refractivity contribution in [3.05, 3.63) is 0 Å². The average Bonchev–Trinajstić information content (AvgIpc) is 2.49. The predicted octanol–water partition coefficient (Wildman–Crippen LogP) is -0.126. The molecule has 0 aromatic heterocycles. The van der Waals surface area contributed by atoms with Crippen LogP contribution in [-0.2, 0) is 9.59 Å². The van der Waals surface area contributed by atoms with E-state index in [2.05, 4.69) is 18.7 Å². The van der Waals surface area contributed by atoms with E-state index in [1.807, 2.05) is 9.80 Å². The monoisotopic (exact) mass is 301 g/mol. The van der Waals surface area contributed by atoms with Crippen LogP contribution in [0.15, 0.2) is 0 Å². The van der Waals surface area contributed by atoms with Gasteiger partial charge in [0.05, 0.1) is 13.1 Å². The Balaban J connectivity index is 2.71. The van der Waals surface area contributed by atoms with Gasteiger partial charge in [0.25, 0.3) is 0 Å². The Morgan fingerprint density at radius 1 is 0.905 bits per heavy atom. The number of carbonyl (C=O) groups is 2. The average molecular weight is 301 g/mol.